The first-order chi connectivity index (χ1) is 12.3. The average Bonchev–Trinajstić information content (AvgIpc) is 2.67. The monoisotopic (exact) mass is 350 g/mol. The molecule has 2 heterocycles. The highest BCUT2D eigenvalue weighted by atomic mass is 35.5. The van der Waals surface area contributed by atoms with Crippen LogP contribution in [0.2, 0.25) is 5.02 Å². The van der Waals surface area contributed by atoms with Crippen molar-refractivity contribution < 1.29 is 4.74 Å². The van der Waals surface area contributed by atoms with Crippen LogP contribution in [0.1, 0.15) is 11.3 Å². The molecule has 1 aromatic heterocycles. The van der Waals surface area contributed by atoms with Gasteiger partial charge in [-0.3, -0.25) is 0 Å². The molecule has 0 saturated carbocycles. The minimum absolute atomic E-state index is 0.708. The Kier molecular flexibility index (Phi) is 4.68. The number of rotatable bonds is 3. The highest BCUT2D eigenvalue weighted by molar-refractivity contribution is 6.31. The maximum Gasteiger partial charge on any atom is 0.0724 e. The second kappa shape index (κ2) is 7.26. The smallest absolute Gasteiger partial charge is 0.0724 e. The summed E-state index contributed by atoms with van der Waals surface area (Å²) in [5.41, 5.74) is 4.24. The van der Waals surface area contributed by atoms with E-state index in [-0.39, 0.29) is 0 Å². The normalized spacial score (nSPS) is 15.2. The van der Waals surface area contributed by atoms with Gasteiger partial charge in [0.1, 0.15) is 0 Å². The summed E-state index contributed by atoms with van der Waals surface area (Å²) >= 11 is 6.05. The van der Waals surface area contributed by atoms with Gasteiger partial charge in [-0.05, 0) is 42.0 Å². The molecule has 1 aliphatic heterocycles. The van der Waals surface area contributed by atoms with Gasteiger partial charge in [-0.1, -0.05) is 41.9 Å². The van der Waals surface area contributed by atoms with Crippen molar-refractivity contribution in [3.05, 3.63) is 70.9 Å². The summed E-state index contributed by atoms with van der Waals surface area (Å²) in [5, 5.41) is 1.80. The summed E-state index contributed by atoms with van der Waals surface area (Å²) in [7, 11) is 0. The van der Waals surface area contributed by atoms with Crippen molar-refractivity contribution >= 4 is 40.3 Å². The first kappa shape index (κ1) is 16.1. The van der Waals surface area contributed by atoms with Crippen molar-refractivity contribution in [1.29, 1.82) is 0 Å². The predicted molar refractivity (Wildman–Crippen MR) is 105 cm³/mol. The number of fused-ring (bicyclic) bond motifs is 1. The van der Waals surface area contributed by atoms with Gasteiger partial charge in [0, 0.05) is 29.2 Å². The topological polar surface area (TPSA) is 25.4 Å². The maximum atomic E-state index is 6.05. The SMILES string of the molecule is Clc1ccc2ccc(C=Cc3ccc(N4CCOCC4)cc3)nc2c1. The largest absolute Gasteiger partial charge is 0.378 e. The average molecular weight is 351 g/mol. The fraction of sp³-hybridized carbons (Fsp3) is 0.190. The van der Waals surface area contributed by atoms with Crippen LogP contribution in [0.4, 0.5) is 5.69 Å². The van der Waals surface area contributed by atoms with E-state index in [1.54, 1.807) is 0 Å². The summed E-state index contributed by atoms with van der Waals surface area (Å²) < 4.78 is 5.40. The highest BCUT2D eigenvalue weighted by Crippen LogP contribution is 2.20. The summed E-state index contributed by atoms with van der Waals surface area (Å²) in [6.45, 7) is 3.52. The number of ether oxygens (including phenoxy) is 1. The van der Waals surface area contributed by atoms with Gasteiger partial charge < -0.3 is 9.64 Å². The third kappa shape index (κ3) is 3.84. The van der Waals surface area contributed by atoms with Crippen molar-refractivity contribution in [2.24, 2.45) is 0 Å². The number of hydrogen-bond acceptors (Lipinski definition) is 3. The van der Waals surface area contributed by atoms with E-state index in [1.165, 1.54) is 5.69 Å². The third-order valence-corrected chi connectivity index (χ3v) is 4.63. The van der Waals surface area contributed by atoms with Crippen LogP contribution in [0.5, 0.6) is 0 Å². The zero-order valence-electron chi connectivity index (χ0n) is 13.9. The zero-order chi connectivity index (χ0) is 17.1. The van der Waals surface area contributed by atoms with Crippen LogP contribution >= 0.6 is 11.6 Å². The number of morpholine rings is 1. The van der Waals surface area contributed by atoms with E-state index < -0.39 is 0 Å². The van der Waals surface area contributed by atoms with Gasteiger partial charge in [0.2, 0.25) is 0 Å². The van der Waals surface area contributed by atoms with E-state index in [0.717, 1.165) is 48.5 Å². The minimum Gasteiger partial charge on any atom is -0.378 e. The molecule has 0 amide bonds. The number of hydrogen-bond donors (Lipinski definition) is 0. The quantitative estimate of drug-likeness (QED) is 0.672. The first-order valence-electron chi connectivity index (χ1n) is 8.45. The Balaban J connectivity index is 1.51. The lowest BCUT2D eigenvalue weighted by Crippen LogP contribution is -2.36. The maximum absolute atomic E-state index is 6.05. The Hall–Kier alpha value is -2.36. The molecule has 3 nitrogen and oxygen atoms in total. The molecule has 0 unspecified atom stereocenters. The number of benzene rings is 2. The van der Waals surface area contributed by atoms with Gasteiger partial charge >= 0.3 is 0 Å². The van der Waals surface area contributed by atoms with Gasteiger partial charge in [0.15, 0.2) is 0 Å². The van der Waals surface area contributed by atoms with Gasteiger partial charge in [-0.25, -0.2) is 4.98 Å². The molecule has 1 aliphatic rings. The fourth-order valence-electron chi connectivity index (χ4n) is 3.00. The number of halogens is 1. The highest BCUT2D eigenvalue weighted by Gasteiger charge is 2.10. The van der Waals surface area contributed by atoms with Gasteiger partial charge in [0.25, 0.3) is 0 Å². The minimum atomic E-state index is 0.708. The molecule has 0 atom stereocenters. The summed E-state index contributed by atoms with van der Waals surface area (Å²) in [5.74, 6) is 0. The standard InChI is InChI=1S/C21H19ClN2O/c22-18-6-4-17-5-8-19(23-21(17)15-18)7-1-16-2-9-20(10-3-16)24-11-13-25-14-12-24/h1-10,15H,11-14H2. The summed E-state index contributed by atoms with van der Waals surface area (Å²) in [4.78, 5) is 7.00. The lowest BCUT2D eigenvalue weighted by atomic mass is 10.1. The van der Waals surface area contributed by atoms with Crippen LogP contribution in [0, 0.1) is 0 Å². The van der Waals surface area contributed by atoms with Gasteiger partial charge in [0.05, 0.1) is 24.4 Å². The van der Waals surface area contributed by atoms with E-state index in [4.69, 9.17) is 16.3 Å². The molecule has 0 bridgehead atoms. The summed E-state index contributed by atoms with van der Waals surface area (Å²) in [6, 6.07) is 18.5. The molecule has 0 aliphatic carbocycles. The molecule has 126 valence electrons. The molecule has 0 radical (unpaired) electrons. The van der Waals surface area contributed by atoms with Crippen molar-refractivity contribution in [2.45, 2.75) is 0 Å². The number of aromatic nitrogens is 1. The molecule has 25 heavy (non-hydrogen) atoms. The number of anilines is 1. The fourth-order valence-corrected chi connectivity index (χ4v) is 3.16. The molecule has 1 saturated heterocycles. The molecule has 4 rings (SSSR count). The lowest BCUT2D eigenvalue weighted by molar-refractivity contribution is 0.122. The second-order valence-corrected chi connectivity index (χ2v) is 6.53. The van der Waals surface area contributed by atoms with Crippen molar-refractivity contribution in [3.63, 3.8) is 0 Å². The van der Waals surface area contributed by atoms with Crippen LogP contribution in [-0.4, -0.2) is 31.3 Å². The van der Waals surface area contributed by atoms with E-state index in [0.29, 0.717) is 5.02 Å². The number of nitrogens with zero attached hydrogens (tertiary/aromatic N) is 2. The molecule has 2 aromatic carbocycles. The van der Waals surface area contributed by atoms with E-state index in [2.05, 4.69) is 46.3 Å². The lowest BCUT2D eigenvalue weighted by Gasteiger charge is -2.28. The molecule has 0 N–H and O–H groups in total. The Bertz CT molecular complexity index is 899. The van der Waals surface area contributed by atoms with Crippen LogP contribution in [0.3, 0.4) is 0 Å². The van der Waals surface area contributed by atoms with E-state index >= 15 is 0 Å². The predicted octanol–water partition coefficient (Wildman–Crippen LogP) is 4.90. The molecule has 0 spiro atoms. The van der Waals surface area contributed by atoms with Crippen LogP contribution < -0.4 is 4.90 Å². The Morgan fingerprint density at radius 1 is 0.920 bits per heavy atom. The van der Waals surface area contributed by atoms with Crippen LogP contribution in [-0.2, 0) is 4.74 Å². The van der Waals surface area contributed by atoms with Crippen molar-refractivity contribution in [3.8, 4) is 0 Å². The molecule has 4 heteroatoms. The Morgan fingerprint density at radius 3 is 2.48 bits per heavy atom. The second-order valence-electron chi connectivity index (χ2n) is 6.10. The number of pyridine rings is 1. The van der Waals surface area contributed by atoms with Crippen LogP contribution in [0.15, 0.2) is 54.6 Å². The molecular formula is C21H19ClN2O. The molecular weight excluding hydrogens is 332 g/mol. The Labute approximate surface area is 152 Å². The van der Waals surface area contributed by atoms with Crippen molar-refractivity contribution in [1.82, 2.24) is 4.98 Å². The summed E-state index contributed by atoms with van der Waals surface area (Å²) in [6.07, 6.45) is 4.12. The van der Waals surface area contributed by atoms with E-state index in [1.807, 2.05) is 30.3 Å². The van der Waals surface area contributed by atoms with Gasteiger partial charge in [-0.15, -0.1) is 0 Å². The first-order valence-corrected chi connectivity index (χ1v) is 8.83. The van der Waals surface area contributed by atoms with E-state index in [9.17, 15) is 0 Å². The zero-order valence-corrected chi connectivity index (χ0v) is 14.6. The van der Waals surface area contributed by atoms with Gasteiger partial charge in [-0.2, -0.15) is 0 Å². The molecule has 1 fully saturated rings. The van der Waals surface area contributed by atoms with Crippen molar-refractivity contribution in [2.75, 3.05) is 31.2 Å². The molecule has 3 aromatic rings. The Morgan fingerprint density at radius 2 is 1.68 bits per heavy atom. The van der Waals surface area contributed by atoms with Crippen LogP contribution in [0.25, 0.3) is 23.1 Å². The third-order valence-electron chi connectivity index (χ3n) is 4.39.